The van der Waals surface area contributed by atoms with Gasteiger partial charge in [0.2, 0.25) is 0 Å². The molecule has 12 heavy (non-hydrogen) atoms. The van der Waals surface area contributed by atoms with Crippen molar-refractivity contribution in [2.75, 3.05) is 0 Å². The Kier molecular flexibility index (Phi) is 3.16. The lowest BCUT2D eigenvalue weighted by molar-refractivity contribution is -0.00194. The number of aliphatic hydroxyl groups is 1. The van der Waals surface area contributed by atoms with E-state index in [1.54, 1.807) is 0 Å². The summed E-state index contributed by atoms with van der Waals surface area (Å²) in [5.74, 6) is 0.568. The maximum Gasteiger partial charge on any atom is 0.0616 e. The molecule has 0 aromatic rings. The van der Waals surface area contributed by atoms with Crippen LogP contribution in [0.15, 0.2) is 0 Å². The van der Waals surface area contributed by atoms with Gasteiger partial charge in [-0.25, -0.2) is 0 Å². The minimum absolute atomic E-state index is 0.0714. The van der Waals surface area contributed by atoms with E-state index in [1.165, 1.54) is 32.1 Å². The van der Waals surface area contributed by atoms with Crippen molar-refractivity contribution in [3.63, 3.8) is 0 Å². The van der Waals surface area contributed by atoms with Crippen LogP contribution in [-0.2, 0) is 0 Å². The van der Waals surface area contributed by atoms with E-state index in [4.69, 9.17) is 0 Å². The highest BCUT2D eigenvalue weighted by Crippen LogP contribution is 2.34. The van der Waals surface area contributed by atoms with E-state index in [1.807, 2.05) is 0 Å². The van der Waals surface area contributed by atoms with E-state index in [0.717, 1.165) is 0 Å². The third-order valence-electron chi connectivity index (χ3n) is 2.98. The molecule has 0 saturated heterocycles. The summed E-state index contributed by atoms with van der Waals surface area (Å²) >= 11 is 0. The molecule has 0 bridgehead atoms. The zero-order chi connectivity index (χ0) is 9.19. The minimum Gasteiger partial charge on any atom is -0.392 e. The van der Waals surface area contributed by atoms with E-state index in [0.29, 0.717) is 5.92 Å². The first-order valence-corrected chi connectivity index (χ1v) is 5.20. The maximum atomic E-state index is 10.0. The molecular weight excluding hydrogens is 148 g/mol. The first-order valence-electron chi connectivity index (χ1n) is 5.20. The summed E-state index contributed by atoms with van der Waals surface area (Å²) in [7, 11) is 0. The molecule has 0 aromatic heterocycles. The molecule has 1 unspecified atom stereocenters. The number of hydrogen-bond acceptors (Lipinski definition) is 1. The molecule has 1 rings (SSSR count). The quantitative estimate of drug-likeness (QED) is 0.641. The van der Waals surface area contributed by atoms with Gasteiger partial charge in [0.05, 0.1) is 6.10 Å². The number of rotatable bonds is 1. The van der Waals surface area contributed by atoms with Crippen LogP contribution in [0.3, 0.4) is 0 Å². The van der Waals surface area contributed by atoms with Crippen molar-refractivity contribution in [1.82, 2.24) is 0 Å². The zero-order valence-electron chi connectivity index (χ0n) is 8.64. The third-order valence-corrected chi connectivity index (χ3v) is 2.98. The lowest BCUT2D eigenvalue weighted by Gasteiger charge is -2.35. The van der Waals surface area contributed by atoms with Crippen molar-refractivity contribution >= 4 is 0 Å². The summed E-state index contributed by atoms with van der Waals surface area (Å²) in [5.41, 5.74) is 0.0714. The summed E-state index contributed by atoms with van der Waals surface area (Å²) in [6.45, 7) is 6.39. The van der Waals surface area contributed by atoms with Crippen LogP contribution in [0, 0.1) is 11.3 Å². The molecule has 1 saturated carbocycles. The molecule has 1 N–H and O–H groups in total. The standard InChI is InChI=1S/C11H22O/c1-11(2,3)10(12)9-7-5-4-6-8-9/h9-10,12H,4-8H2,1-3H3. The molecule has 0 heterocycles. The van der Waals surface area contributed by atoms with Crippen LogP contribution >= 0.6 is 0 Å². The highest BCUT2D eigenvalue weighted by molar-refractivity contribution is 4.81. The van der Waals surface area contributed by atoms with E-state index < -0.39 is 0 Å². The van der Waals surface area contributed by atoms with Crippen LogP contribution in [0.1, 0.15) is 52.9 Å². The molecule has 1 nitrogen and oxygen atoms in total. The molecule has 1 atom stereocenters. The average Bonchev–Trinajstić information content (AvgIpc) is 2.03. The first kappa shape index (κ1) is 10.0. The second-order valence-electron chi connectivity index (χ2n) is 5.21. The molecule has 1 fully saturated rings. The van der Waals surface area contributed by atoms with Gasteiger partial charge in [-0.1, -0.05) is 40.0 Å². The van der Waals surface area contributed by atoms with Gasteiger partial charge in [-0.2, -0.15) is 0 Å². The van der Waals surface area contributed by atoms with Gasteiger partial charge in [0, 0.05) is 0 Å². The Hall–Kier alpha value is -0.0400. The fourth-order valence-corrected chi connectivity index (χ4v) is 2.16. The van der Waals surface area contributed by atoms with Crippen LogP contribution in [0.4, 0.5) is 0 Å². The summed E-state index contributed by atoms with van der Waals surface area (Å²) in [6, 6.07) is 0. The maximum absolute atomic E-state index is 10.0. The monoisotopic (exact) mass is 170 g/mol. The molecule has 0 radical (unpaired) electrons. The summed E-state index contributed by atoms with van der Waals surface area (Å²) in [5, 5.41) is 10.0. The van der Waals surface area contributed by atoms with Crippen molar-refractivity contribution in [2.24, 2.45) is 11.3 Å². The lowest BCUT2D eigenvalue weighted by atomic mass is 9.75. The second-order valence-corrected chi connectivity index (χ2v) is 5.21. The molecule has 0 spiro atoms. The van der Waals surface area contributed by atoms with Crippen LogP contribution in [0.2, 0.25) is 0 Å². The van der Waals surface area contributed by atoms with E-state index >= 15 is 0 Å². The summed E-state index contributed by atoms with van der Waals surface area (Å²) < 4.78 is 0. The van der Waals surface area contributed by atoms with E-state index in [-0.39, 0.29) is 11.5 Å². The number of aliphatic hydroxyl groups excluding tert-OH is 1. The van der Waals surface area contributed by atoms with Crippen molar-refractivity contribution < 1.29 is 5.11 Å². The van der Waals surface area contributed by atoms with Crippen LogP contribution < -0.4 is 0 Å². The summed E-state index contributed by atoms with van der Waals surface area (Å²) in [6.07, 6.45) is 6.37. The lowest BCUT2D eigenvalue weighted by Crippen LogP contribution is -2.34. The largest absolute Gasteiger partial charge is 0.392 e. The highest BCUT2D eigenvalue weighted by atomic mass is 16.3. The number of hydrogen-bond donors (Lipinski definition) is 1. The van der Waals surface area contributed by atoms with Crippen molar-refractivity contribution in [1.29, 1.82) is 0 Å². The molecule has 1 heteroatoms. The van der Waals surface area contributed by atoms with Crippen molar-refractivity contribution in [3.8, 4) is 0 Å². The van der Waals surface area contributed by atoms with Gasteiger partial charge < -0.3 is 5.11 Å². The van der Waals surface area contributed by atoms with Crippen molar-refractivity contribution in [3.05, 3.63) is 0 Å². The molecule has 0 amide bonds. The Morgan fingerprint density at radius 3 is 2.00 bits per heavy atom. The molecule has 0 aromatic carbocycles. The minimum atomic E-state index is -0.0993. The molecule has 72 valence electrons. The van der Waals surface area contributed by atoms with Crippen LogP contribution in [-0.4, -0.2) is 11.2 Å². The SMILES string of the molecule is CC(C)(C)C(O)C1CCCCC1. The van der Waals surface area contributed by atoms with E-state index in [2.05, 4.69) is 20.8 Å². The fourth-order valence-electron chi connectivity index (χ4n) is 2.16. The highest BCUT2D eigenvalue weighted by Gasteiger charge is 2.30. The van der Waals surface area contributed by atoms with Gasteiger partial charge in [0.15, 0.2) is 0 Å². The Bertz CT molecular complexity index is 128. The third kappa shape index (κ3) is 2.48. The van der Waals surface area contributed by atoms with E-state index in [9.17, 15) is 5.11 Å². The Labute approximate surface area is 76.2 Å². The molecule has 1 aliphatic carbocycles. The predicted molar refractivity (Wildman–Crippen MR) is 52.0 cm³/mol. The topological polar surface area (TPSA) is 20.2 Å². The van der Waals surface area contributed by atoms with Crippen LogP contribution in [0.5, 0.6) is 0 Å². The van der Waals surface area contributed by atoms with Crippen LogP contribution in [0.25, 0.3) is 0 Å². The van der Waals surface area contributed by atoms with Gasteiger partial charge in [-0.05, 0) is 24.2 Å². The predicted octanol–water partition coefficient (Wildman–Crippen LogP) is 2.97. The van der Waals surface area contributed by atoms with Gasteiger partial charge >= 0.3 is 0 Å². The Morgan fingerprint density at radius 1 is 1.08 bits per heavy atom. The smallest absolute Gasteiger partial charge is 0.0616 e. The average molecular weight is 170 g/mol. The van der Waals surface area contributed by atoms with Gasteiger partial charge in [0.1, 0.15) is 0 Å². The van der Waals surface area contributed by atoms with Gasteiger partial charge in [-0.3, -0.25) is 0 Å². The van der Waals surface area contributed by atoms with Gasteiger partial charge in [-0.15, -0.1) is 0 Å². The Morgan fingerprint density at radius 2 is 1.58 bits per heavy atom. The van der Waals surface area contributed by atoms with Crippen molar-refractivity contribution in [2.45, 2.75) is 59.0 Å². The Balaban J connectivity index is 2.45. The normalized spacial score (nSPS) is 24.0. The first-order chi connectivity index (χ1) is 5.52. The second kappa shape index (κ2) is 3.78. The van der Waals surface area contributed by atoms with Gasteiger partial charge in [0.25, 0.3) is 0 Å². The summed E-state index contributed by atoms with van der Waals surface area (Å²) in [4.78, 5) is 0. The molecule has 1 aliphatic rings. The molecule has 0 aliphatic heterocycles. The molecular formula is C11H22O. The fraction of sp³-hybridized carbons (Fsp3) is 1.00. The zero-order valence-corrected chi connectivity index (χ0v) is 8.64.